The maximum absolute atomic E-state index is 12.2. The van der Waals surface area contributed by atoms with Crippen LogP contribution in [0.3, 0.4) is 0 Å². The molecule has 0 radical (unpaired) electrons. The van der Waals surface area contributed by atoms with Gasteiger partial charge in [-0.1, -0.05) is 109 Å². The minimum Gasteiger partial charge on any atom is -0.743 e. The first-order valence-electron chi connectivity index (χ1n) is 17.6. The molecular weight excluding hydrogens is 1100 g/mol. The molecule has 0 N–H and O–H groups in total. The molecule has 5 rings (SSSR count). The number of benzene rings is 4. The van der Waals surface area contributed by atoms with E-state index in [1.165, 1.54) is 51.3 Å². The molecule has 1 fully saturated rings. The third-order valence-electron chi connectivity index (χ3n) is 9.18. The molecule has 1 aliphatic heterocycles. The van der Waals surface area contributed by atoms with E-state index in [4.69, 9.17) is 0 Å². The molecule has 362 valence electrons. The summed E-state index contributed by atoms with van der Waals surface area (Å²) in [6.07, 6.45) is -0.114. The fourth-order valence-electron chi connectivity index (χ4n) is 5.75. The Kier molecular flexibility index (Phi) is 18.5. The summed E-state index contributed by atoms with van der Waals surface area (Å²) in [5.74, 6) is -28.4. The van der Waals surface area contributed by atoms with Gasteiger partial charge in [0.2, 0.25) is 0 Å². The molecule has 0 spiro atoms. The van der Waals surface area contributed by atoms with Crippen LogP contribution in [-0.2, 0) is 60.4 Å². The molecule has 66 heavy (non-hydrogen) atoms. The number of allylic oxidation sites excluding steroid dienone is 2. The van der Waals surface area contributed by atoms with Gasteiger partial charge in [-0.2, -0.15) is 79.0 Å². The van der Waals surface area contributed by atoms with Crippen LogP contribution in [0.15, 0.2) is 109 Å². The molecule has 0 amide bonds. The maximum atomic E-state index is 12.2. The first-order valence-corrected chi connectivity index (χ1v) is 21.4. The zero-order valence-electron chi connectivity index (χ0n) is 32.6. The minimum atomic E-state index is -7.43. The second-order valence-electron chi connectivity index (χ2n) is 13.6. The molecular formula is C38H28CdF18O6S3. The van der Waals surface area contributed by atoms with E-state index < -0.39 is 66.8 Å². The van der Waals surface area contributed by atoms with E-state index >= 15 is 0 Å². The van der Waals surface area contributed by atoms with Crippen LogP contribution >= 0.6 is 11.8 Å². The van der Waals surface area contributed by atoms with Crippen molar-refractivity contribution in [3.8, 4) is 0 Å². The van der Waals surface area contributed by atoms with Crippen molar-refractivity contribution in [3.05, 3.63) is 120 Å². The third-order valence-corrected chi connectivity index (χ3v) is 12.5. The number of thioether (sulfide) groups is 1. The van der Waals surface area contributed by atoms with Gasteiger partial charge in [-0.25, -0.2) is 16.8 Å². The van der Waals surface area contributed by atoms with E-state index in [2.05, 4.69) is 121 Å². The molecule has 0 unspecified atom stereocenters. The van der Waals surface area contributed by atoms with Crippen molar-refractivity contribution in [2.75, 3.05) is 5.75 Å². The van der Waals surface area contributed by atoms with Crippen LogP contribution in [-0.4, -0.2) is 83.0 Å². The largest absolute Gasteiger partial charge is 2.00 e. The monoisotopic (exact) mass is 1130 g/mol. The number of hydrogen-bond acceptors (Lipinski definition) is 7. The van der Waals surface area contributed by atoms with Crippen molar-refractivity contribution in [2.45, 2.75) is 77.0 Å². The summed E-state index contributed by atoms with van der Waals surface area (Å²) in [5, 5.41) is -8.83. The van der Waals surface area contributed by atoms with Gasteiger partial charge in [0.25, 0.3) is 0 Å². The van der Waals surface area contributed by atoms with Crippen molar-refractivity contribution in [2.24, 2.45) is 0 Å². The van der Waals surface area contributed by atoms with Gasteiger partial charge in [0.1, 0.15) is 0 Å². The molecule has 1 saturated heterocycles. The number of hydrogen-bond donors (Lipinski definition) is 0. The third kappa shape index (κ3) is 12.1. The molecule has 0 aromatic heterocycles. The first-order chi connectivity index (χ1) is 29.3. The van der Waals surface area contributed by atoms with E-state index in [0.29, 0.717) is 0 Å². The predicted molar refractivity (Wildman–Crippen MR) is 199 cm³/mol. The zero-order valence-corrected chi connectivity index (χ0v) is 39.1. The Labute approximate surface area is 387 Å². The normalized spacial score (nSPS) is 17.3. The van der Waals surface area contributed by atoms with Crippen LogP contribution in [0.1, 0.15) is 24.0 Å². The molecule has 0 aliphatic carbocycles. The molecule has 4 aromatic carbocycles. The Morgan fingerprint density at radius 3 is 1.11 bits per heavy atom. The summed E-state index contributed by atoms with van der Waals surface area (Å²) < 4.78 is 271. The van der Waals surface area contributed by atoms with E-state index in [0.717, 1.165) is 12.8 Å². The molecule has 4 aromatic rings. The number of alkyl halides is 18. The molecule has 28 heteroatoms. The van der Waals surface area contributed by atoms with Crippen molar-refractivity contribution in [3.63, 3.8) is 0 Å². The second-order valence-corrected chi connectivity index (χ2v) is 17.9. The fraction of sp³-hybridized carbons (Fsp3) is 0.368. The summed E-state index contributed by atoms with van der Waals surface area (Å²) in [7, 11) is -14.8. The summed E-state index contributed by atoms with van der Waals surface area (Å²) >= 11 is 2.09. The Hall–Kier alpha value is -3.29. The van der Waals surface area contributed by atoms with Gasteiger partial charge in [0.05, 0.1) is 4.75 Å². The molecule has 1 aliphatic rings. The van der Waals surface area contributed by atoms with E-state index in [-0.39, 0.29) is 32.0 Å². The van der Waals surface area contributed by atoms with Crippen LogP contribution in [0.2, 0.25) is 0 Å². The van der Waals surface area contributed by atoms with E-state index in [1.807, 2.05) is 0 Å². The van der Waals surface area contributed by atoms with Crippen molar-refractivity contribution < 1.29 is 132 Å². The Morgan fingerprint density at radius 2 is 0.818 bits per heavy atom. The van der Waals surface area contributed by atoms with Crippen LogP contribution in [0.25, 0.3) is 21.5 Å². The van der Waals surface area contributed by atoms with Gasteiger partial charge in [-0.3, -0.25) is 0 Å². The van der Waals surface area contributed by atoms with Gasteiger partial charge < -0.3 is 9.11 Å². The summed E-state index contributed by atoms with van der Waals surface area (Å²) in [6, 6.07) is 30.7. The van der Waals surface area contributed by atoms with Gasteiger partial charge in [0.15, 0.2) is 20.2 Å². The van der Waals surface area contributed by atoms with E-state index in [9.17, 15) is 105 Å². The minimum absolute atomic E-state index is 0. The molecule has 0 atom stereocenters. The first kappa shape index (κ1) is 58.8. The zero-order chi connectivity index (χ0) is 49.9. The van der Waals surface area contributed by atoms with Gasteiger partial charge in [-0.05, 0) is 64.1 Å². The van der Waals surface area contributed by atoms with Crippen molar-refractivity contribution in [1.29, 1.82) is 0 Å². The van der Waals surface area contributed by atoms with Crippen LogP contribution in [0.4, 0.5) is 79.0 Å². The van der Waals surface area contributed by atoms with E-state index in [1.54, 1.807) is 0 Å². The summed E-state index contributed by atoms with van der Waals surface area (Å²) in [6.45, 7) is 0. The summed E-state index contributed by atoms with van der Waals surface area (Å²) in [5.41, 5.74) is 2.82. The van der Waals surface area contributed by atoms with Crippen molar-refractivity contribution in [1.82, 2.24) is 0 Å². The Balaban J connectivity index is 0.000000369. The molecule has 0 bridgehead atoms. The molecule has 0 saturated carbocycles. The smallest absolute Gasteiger partial charge is 0.743 e. The fourth-order valence-corrected chi connectivity index (χ4v) is 7.98. The molecule has 1 heterocycles. The van der Waals surface area contributed by atoms with Crippen LogP contribution in [0.5, 0.6) is 0 Å². The van der Waals surface area contributed by atoms with Crippen LogP contribution in [0, 0.1) is 0 Å². The average molecular weight is 1130 g/mol. The second kappa shape index (κ2) is 20.7. The summed E-state index contributed by atoms with van der Waals surface area (Å²) in [4.78, 5) is 0. The van der Waals surface area contributed by atoms with Crippen molar-refractivity contribution >= 4 is 53.5 Å². The van der Waals surface area contributed by atoms with Gasteiger partial charge >= 0.3 is 73.9 Å². The average Bonchev–Trinajstić information content (AvgIpc) is 3.65. The molecule has 6 nitrogen and oxygen atoms in total. The Bertz CT molecular complexity index is 2390. The Morgan fingerprint density at radius 1 is 0.500 bits per heavy atom. The standard InChI is InChI=1S/C30H28S.2C4HF9O3S.Cd/c1-3-18-28-24(10-1)12-5-14-26(28)16-7-20-30(22-9-23-31-30)21-8-17-27-15-6-13-25-11-2-4-19-29(25)27;2*5-1(6,3(9,10)11)2(7,8)4(12,13)17(14,15)16;/h1-8,10-15,18-21H,9,16-17,22-23H2;2*(H,14,15,16);/q;;;+2/p-2. The van der Waals surface area contributed by atoms with Gasteiger partial charge in [0, 0.05) is 0 Å². The number of halogens is 18. The quantitative estimate of drug-likeness (QED) is 0.0601. The number of fused-ring (bicyclic) bond motifs is 2. The topological polar surface area (TPSA) is 114 Å². The number of rotatable bonds is 12. The van der Waals surface area contributed by atoms with Crippen LogP contribution < -0.4 is 0 Å². The maximum Gasteiger partial charge on any atom is 2.00 e. The predicted octanol–water partition coefficient (Wildman–Crippen LogP) is 12.1. The van der Waals surface area contributed by atoms with Gasteiger partial charge in [-0.15, -0.1) is 11.8 Å². The SMILES string of the molecule is C(=CC1(C=CCc2cccc3ccccc23)CCCS1)Cc1cccc2ccccc12.O=S(=O)([O-])C(F)(F)C(F)(F)C(F)(F)C(F)(F)F.O=S(=O)([O-])C(F)(F)C(F)(F)C(F)(F)C(F)(F)F.[Cd+2].